The molecule has 2 atom stereocenters. The third kappa shape index (κ3) is 2.75. The molecule has 0 aliphatic carbocycles. The van der Waals surface area contributed by atoms with Crippen molar-refractivity contribution in [3.05, 3.63) is 37.9 Å². The molecule has 0 saturated carbocycles. The van der Waals surface area contributed by atoms with Crippen molar-refractivity contribution >= 4 is 21.6 Å². The molecule has 0 amide bonds. The predicted molar refractivity (Wildman–Crippen MR) is 68.9 cm³/mol. The van der Waals surface area contributed by atoms with Crippen LogP contribution in [0, 0.1) is 21.7 Å². The van der Waals surface area contributed by atoms with Crippen molar-refractivity contribution in [2.75, 3.05) is 13.1 Å². The maximum absolute atomic E-state index is 13.8. The second-order valence-electron chi connectivity index (χ2n) is 4.46. The first-order valence-electron chi connectivity index (χ1n) is 5.70. The van der Waals surface area contributed by atoms with Gasteiger partial charge in [0.1, 0.15) is 5.82 Å². The number of hydrogen-bond acceptors (Lipinski definition) is 4. The Morgan fingerprint density at radius 1 is 1.47 bits per heavy atom. The lowest BCUT2D eigenvalue weighted by atomic mass is 10.0. The maximum Gasteiger partial charge on any atom is 0.310 e. The molecule has 19 heavy (non-hydrogen) atoms. The summed E-state index contributed by atoms with van der Waals surface area (Å²) in [5.41, 5.74) is -0.677. The molecule has 2 rings (SSSR count). The standard InChI is InChI=1S/C11H12BrF2N3O2/c1-5-3-15-4-8(16-5)6-2-7(13)9(12)10(14)11(6)17(18)19/h2,5,8,15-16H,3-4H2,1H3. The molecule has 0 aromatic heterocycles. The second-order valence-corrected chi connectivity index (χ2v) is 5.25. The zero-order valence-electron chi connectivity index (χ0n) is 10.0. The Morgan fingerprint density at radius 2 is 2.16 bits per heavy atom. The number of piperazine rings is 1. The third-order valence-electron chi connectivity index (χ3n) is 3.01. The first kappa shape index (κ1) is 14.3. The first-order chi connectivity index (χ1) is 8.91. The van der Waals surface area contributed by atoms with Gasteiger partial charge in [0.05, 0.1) is 21.0 Å². The Bertz CT molecular complexity index is 527. The smallest absolute Gasteiger partial charge is 0.310 e. The van der Waals surface area contributed by atoms with Gasteiger partial charge in [-0.1, -0.05) is 0 Å². The van der Waals surface area contributed by atoms with E-state index in [4.69, 9.17) is 0 Å². The van der Waals surface area contributed by atoms with Gasteiger partial charge in [0, 0.05) is 19.1 Å². The minimum atomic E-state index is -1.18. The molecule has 1 aromatic carbocycles. The number of rotatable bonds is 2. The molecule has 0 spiro atoms. The van der Waals surface area contributed by atoms with Crippen LogP contribution in [0.3, 0.4) is 0 Å². The molecular formula is C11H12BrF2N3O2. The molecule has 5 nitrogen and oxygen atoms in total. The minimum Gasteiger partial charge on any atom is -0.313 e. The molecule has 2 N–H and O–H groups in total. The quantitative estimate of drug-likeness (QED) is 0.494. The van der Waals surface area contributed by atoms with E-state index in [2.05, 4.69) is 26.6 Å². The van der Waals surface area contributed by atoms with Crippen LogP contribution in [-0.2, 0) is 0 Å². The maximum atomic E-state index is 13.8. The number of benzene rings is 1. The summed E-state index contributed by atoms with van der Waals surface area (Å²) < 4.78 is 26.9. The van der Waals surface area contributed by atoms with Gasteiger partial charge in [-0.15, -0.1) is 0 Å². The highest BCUT2D eigenvalue weighted by Gasteiger charge is 2.32. The fourth-order valence-electron chi connectivity index (χ4n) is 2.16. The fraction of sp³-hybridized carbons (Fsp3) is 0.455. The highest BCUT2D eigenvalue weighted by atomic mass is 79.9. The van der Waals surface area contributed by atoms with Crippen LogP contribution < -0.4 is 10.6 Å². The Balaban J connectivity index is 2.52. The monoisotopic (exact) mass is 335 g/mol. The van der Waals surface area contributed by atoms with Gasteiger partial charge in [0.2, 0.25) is 5.82 Å². The Morgan fingerprint density at radius 3 is 2.74 bits per heavy atom. The van der Waals surface area contributed by atoms with E-state index in [-0.39, 0.29) is 11.6 Å². The van der Waals surface area contributed by atoms with E-state index < -0.39 is 32.8 Å². The Hall–Kier alpha value is -1.12. The van der Waals surface area contributed by atoms with Crippen LogP contribution in [0.25, 0.3) is 0 Å². The molecule has 1 saturated heterocycles. The molecular weight excluding hydrogens is 324 g/mol. The van der Waals surface area contributed by atoms with Crippen LogP contribution in [0.15, 0.2) is 10.5 Å². The largest absolute Gasteiger partial charge is 0.313 e. The molecule has 1 aliphatic rings. The van der Waals surface area contributed by atoms with Crippen LogP contribution in [0.1, 0.15) is 18.5 Å². The summed E-state index contributed by atoms with van der Waals surface area (Å²) in [5, 5.41) is 17.2. The third-order valence-corrected chi connectivity index (χ3v) is 3.74. The molecule has 2 unspecified atom stereocenters. The number of nitrogens with zero attached hydrogens (tertiary/aromatic N) is 1. The second kappa shape index (κ2) is 5.48. The molecule has 0 radical (unpaired) electrons. The lowest BCUT2D eigenvalue weighted by molar-refractivity contribution is -0.388. The normalized spacial score (nSPS) is 23.4. The van der Waals surface area contributed by atoms with Gasteiger partial charge in [0.15, 0.2) is 0 Å². The summed E-state index contributed by atoms with van der Waals surface area (Å²) in [6.07, 6.45) is 0. The van der Waals surface area contributed by atoms with Crippen molar-refractivity contribution in [3.8, 4) is 0 Å². The average Bonchev–Trinajstić information content (AvgIpc) is 2.35. The first-order valence-corrected chi connectivity index (χ1v) is 6.49. The van der Waals surface area contributed by atoms with Gasteiger partial charge in [-0.3, -0.25) is 10.1 Å². The fourth-order valence-corrected chi connectivity index (χ4v) is 2.46. The SMILES string of the molecule is CC1CNCC(c2cc(F)c(Br)c(F)c2[N+](=O)[O-])N1. The molecule has 8 heteroatoms. The van der Waals surface area contributed by atoms with Crippen LogP contribution in [0.5, 0.6) is 0 Å². The van der Waals surface area contributed by atoms with Crippen molar-refractivity contribution < 1.29 is 13.7 Å². The summed E-state index contributed by atoms with van der Waals surface area (Å²) in [7, 11) is 0. The van der Waals surface area contributed by atoms with Gasteiger partial charge in [-0.25, -0.2) is 4.39 Å². The minimum absolute atomic E-state index is 0.0160. The van der Waals surface area contributed by atoms with Gasteiger partial charge in [0.25, 0.3) is 0 Å². The number of nitrogens with one attached hydrogen (secondary N) is 2. The zero-order chi connectivity index (χ0) is 14.2. The van der Waals surface area contributed by atoms with E-state index in [9.17, 15) is 18.9 Å². The van der Waals surface area contributed by atoms with Crippen molar-refractivity contribution in [1.29, 1.82) is 0 Å². The van der Waals surface area contributed by atoms with Crippen LogP contribution >= 0.6 is 15.9 Å². The Labute approximate surface area is 116 Å². The number of nitro benzene ring substituents is 1. The Kier molecular flexibility index (Phi) is 4.12. The van der Waals surface area contributed by atoms with E-state index in [1.54, 1.807) is 0 Å². The van der Waals surface area contributed by atoms with Gasteiger partial charge >= 0.3 is 5.69 Å². The van der Waals surface area contributed by atoms with Gasteiger partial charge in [-0.05, 0) is 28.9 Å². The van der Waals surface area contributed by atoms with Crippen molar-refractivity contribution in [2.45, 2.75) is 19.0 Å². The molecule has 1 aromatic rings. The molecule has 1 fully saturated rings. The summed E-state index contributed by atoms with van der Waals surface area (Å²) in [6.45, 7) is 2.97. The average molecular weight is 336 g/mol. The number of nitro groups is 1. The van der Waals surface area contributed by atoms with Crippen LogP contribution in [0.4, 0.5) is 14.5 Å². The van der Waals surface area contributed by atoms with Crippen LogP contribution in [0.2, 0.25) is 0 Å². The van der Waals surface area contributed by atoms with Crippen molar-refractivity contribution in [2.24, 2.45) is 0 Å². The van der Waals surface area contributed by atoms with E-state index in [0.29, 0.717) is 13.1 Å². The van der Waals surface area contributed by atoms with E-state index >= 15 is 0 Å². The number of halogens is 3. The summed E-state index contributed by atoms with van der Waals surface area (Å²) in [5.74, 6) is -2.03. The number of hydrogen-bond donors (Lipinski definition) is 2. The zero-order valence-corrected chi connectivity index (χ0v) is 11.6. The predicted octanol–water partition coefficient (Wildman–Crippen LogP) is 2.26. The molecule has 1 heterocycles. The highest BCUT2D eigenvalue weighted by molar-refractivity contribution is 9.10. The van der Waals surface area contributed by atoms with Crippen LogP contribution in [-0.4, -0.2) is 24.1 Å². The summed E-state index contributed by atoms with van der Waals surface area (Å²) >= 11 is 2.68. The summed E-state index contributed by atoms with van der Waals surface area (Å²) in [4.78, 5) is 10.2. The molecule has 0 bridgehead atoms. The van der Waals surface area contributed by atoms with Gasteiger partial charge in [-0.2, -0.15) is 4.39 Å². The van der Waals surface area contributed by atoms with E-state index in [1.807, 2.05) is 6.92 Å². The van der Waals surface area contributed by atoms with Crippen molar-refractivity contribution in [3.63, 3.8) is 0 Å². The lowest BCUT2D eigenvalue weighted by Crippen LogP contribution is -2.48. The topological polar surface area (TPSA) is 67.2 Å². The molecule has 104 valence electrons. The molecule has 1 aliphatic heterocycles. The summed E-state index contributed by atoms with van der Waals surface area (Å²) in [6, 6.07) is 0.567. The van der Waals surface area contributed by atoms with Gasteiger partial charge < -0.3 is 10.6 Å². The van der Waals surface area contributed by atoms with Crippen molar-refractivity contribution in [1.82, 2.24) is 10.6 Å². The van der Waals surface area contributed by atoms with E-state index in [0.717, 1.165) is 6.07 Å². The van der Waals surface area contributed by atoms with E-state index in [1.165, 1.54) is 0 Å². The lowest BCUT2D eigenvalue weighted by Gasteiger charge is -2.29. The highest BCUT2D eigenvalue weighted by Crippen LogP contribution is 2.35.